The monoisotopic (exact) mass is 450 g/mol. The van der Waals surface area contributed by atoms with Gasteiger partial charge in [-0.15, -0.1) is 0 Å². The Bertz CT molecular complexity index is 930. The number of nitrogens with zero attached hydrogens (tertiary/aromatic N) is 1. The van der Waals surface area contributed by atoms with E-state index in [1.807, 2.05) is 0 Å². The summed E-state index contributed by atoms with van der Waals surface area (Å²) in [5, 5.41) is 2.61. The fraction of sp³-hybridized carbons (Fsp3) is 0.500. The first-order valence-electron chi connectivity index (χ1n) is 10.2. The summed E-state index contributed by atoms with van der Waals surface area (Å²) < 4.78 is 35.8. The van der Waals surface area contributed by atoms with Crippen LogP contribution < -0.4 is 10.1 Å². The second-order valence-corrected chi connectivity index (χ2v) is 8.95. The summed E-state index contributed by atoms with van der Waals surface area (Å²) >= 11 is 0. The van der Waals surface area contributed by atoms with Gasteiger partial charge in [-0.25, -0.2) is 18.8 Å². The first-order valence-corrected chi connectivity index (χ1v) is 10.2. The summed E-state index contributed by atoms with van der Waals surface area (Å²) in [5.74, 6) is -3.64. The van der Waals surface area contributed by atoms with Gasteiger partial charge in [-0.2, -0.15) is 0 Å². The molecule has 3 rings (SSSR count). The average molecular weight is 450 g/mol. The van der Waals surface area contributed by atoms with E-state index in [1.54, 1.807) is 26.8 Å². The van der Waals surface area contributed by atoms with Gasteiger partial charge >= 0.3 is 18.0 Å². The van der Waals surface area contributed by atoms with Crippen LogP contribution in [0, 0.1) is 5.82 Å². The van der Waals surface area contributed by atoms with E-state index in [0.29, 0.717) is 13.0 Å². The zero-order valence-electron chi connectivity index (χ0n) is 18.7. The molecule has 9 nitrogen and oxygen atoms in total. The van der Waals surface area contributed by atoms with Crippen molar-refractivity contribution < 1.29 is 37.7 Å². The smallest absolute Gasteiger partial charge is 0.410 e. The maximum atomic E-state index is 14.5. The van der Waals surface area contributed by atoms with E-state index in [-0.39, 0.29) is 24.1 Å². The molecule has 2 fully saturated rings. The van der Waals surface area contributed by atoms with Gasteiger partial charge in [0.25, 0.3) is 5.79 Å². The van der Waals surface area contributed by atoms with Crippen LogP contribution in [0.5, 0.6) is 5.75 Å². The predicted octanol–water partition coefficient (Wildman–Crippen LogP) is 3.35. The molecule has 10 heteroatoms. The molecule has 1 aromatic rings. The number of likely N-dealkylation sites (tertiary alicyclic amines) is 1. The number of rotatable bonds is 4. The van der Waals surface area contributed by atoms with Crippen molar-refractivity contribution in [2.75, 3.05) is 18.4 Å². The number of esters is 2. The number of carbonyl (C=O) groups excluding carboxylic acids is 3. The lowest BCUT2D eigenvalue weighted by Gasteiger charge is -2.29. The minimum atomic E-state index is -1.37. The van der Waals surface area contributed by atoms with Crippen molar-refractivity contribution in [3.63, 3.8) is 0 Å². The van der Waals surface area contributed by atoms with Crippen molar-refractivity contribution in [2.24, 2.45) is 0 Å². The fourth-order valence-electron chi connectivity index (χ4n) is 3.16. The number of hydrogen-bond donors (Lipinski definition) is 1. The molecule has 0 bridgehead atoms. The van der Waals surface area contributed by atoms with E-state index < -0.39 is 40.8 Å². The molecule has 1 aromatic carbocycles. The molecule has 1 unspecified atom stereocenters. The summed E-state index contributed by atoms with van der Waals surface area (Å²) in [6, 6.07) is 4.21. The van der Waals surface area contributed by atoms with E-state index in [0.717, 1.165) is 6.20 Å². The van der Waals surface area contributed by atoms with Crippen molar-refractivity contribution in [3.05, 3.63) is 35.8 Å². The lowest BCUT2D eigenvalue weighted by molar-refractivity contribution is -0.222. The number of anilines is 1. The van der Waals surface area contributed by atoms with Crippen molar-refractivity contribution >= 4 is 23.7 Å². The quantitative estimate of drug-likeness (QED) is 0.423. The zero-order chi connectivity index (χ0) is 23.7. The predicted molar refractivity (Wildman–Crippen MR) is 111 cm³/mol. The van der Waals surface area contributed by atoms with Crippen LogP contribution in [-0.2, 0) is 23.8 Å². The maximum Gasteiger partial charge on any atom is 0.410 e. The third-order valence-corrected chi connectivity index (χ3v) is 4.54. The number of amides is 1. The Morgan fingerprint density at radius 1 is 1.25 bits per heavy atom. The van der Waals surface area contributed by atoms with Crippen LogP contribution in [0.3, 0.4) is 0 Å². The van der Waals surface area contributed by atoms with Crippen LogP contribution in [0.2, 0.25) is 0 Å². The molecular formula is C22H27FN2O7. The van der Waals surface area contributed by atoms with E-state index in [9.17, 15) is 18.8 Å². The third kappa shape index (κ3) is 5.68. The molecule has 1 N–H and O–H groups in total. The van der Waals surface area contributed by atoms with Crippen molar-refractivity contribution in [1.82, 2.24) is 4.90 Å². The Labute approximate surface area is 185 Å². The molecule has 32 heavy (non-hydrogen) atoms. The minimum absolute atomic E-state index is 0.0684. The average Bonchev–Trinajstić information content (AvgIpc) is 3.09. The number of carbonyl (C=O) groups is 3. The first-order chi connectivity index (χ1) is 14.8. The van der Waals surface area contributed by atoms with Gasteiger partial charge in [-0.3, -0.25) is 0 Å². The highest BCUT2D eigenvalue weighted by molar-refractivity contribution is 6.15. The Kier molecular flexibility index (Phi) is 6.34. The molecule has 2 saturated heterocycles. The number of cyclic esters (lactones) is 2. The molecule has 174 valence electrons. The van der Waals surface area contributed by atoms with Gasteiger partial charge in [0.05, 0.1) is 6.54 Å². The molecule has 0 radical (unpaired) electrons. The number of halogens is 1. The molecule has 2 aliphatic heterocycles. The standard InChI is InChI=1S/C22H27FN2O7/c1-21(2,3)32-20(28)25-10-9-13(12-25)29-16-8-6-7-15(23)17(16)24-11-14-18(26)30-22(4,5)31-19(14)27/h6-8,11,13,24H,9-10,12H2,1-5H3. The van der Waals surface area contributed by atoms with Crippen molar-refractivity contribution in [3.8, 4) is 5.75 Å². The van der Waals surface area contributed by atoms with Crippen LogP contribution >= 0.6 is 0 Å². The number of ether oxygens (including phenoxy) is 4. The Morgan fingerprint density at radius 2 is 1.91 bits per heavy atom. The van der Waals surface area contributed by atoms with Gasteiger partial charge < -0.3 is 29.2 Å². The summed E-state index contributed by atoms with van der Waals surface area (Å²) in [4.78, 5) is 37.9. The highest BCUT2D eigenvalue weighted by Crippen LogP contribution is 2.31. The summed E-state index contributed by atoms with van der Waals surface area (Å²) in [6.07, 6.45) is 0.725. The van der Waals surface area contributed by atoms with Gasteiger partial charge in [-0.1, -0.05) is 6.07 Å². The normalized spacial score (nSPS) is 20.4. The van der Waals surface area contributed by atoms with E-state index in [4.69, 9.17) is 18.9 Å². The molecule has 2 heterocycles. The molecule has 0 aromatic heterocycles. The van der Waals surface area contributed by atoms with E-state index in [2.05, 4.69) is 5.32 Å². The van der Waals surface area contributed by atoms with Crippen molar-refractivity contribution in [1.29, 1.82) is 0 Å². The highest BCUT2D eigenvalue weighted by Gasteiger charge is 2.39. The highest BCUT2D eigenvalue weighted by atomic mass is 19.1. The lowest BCUT2D eigenvalue weighted by atomic mass is 10.2. The lowest BCUT2D eigenvalue weighted by Crippen LogP contribution is -2.42. The topological polar surface area (TPSA) is 103 Å². The van der Waals surface area contributed by atoms with Crippen LogP contribution in [0.4, 0.5) is 14.9 Å². The van der Waals surface area contributed by atoms with E-state index >= 15 is 0 Å². The fourth-order valence-corrected chi connectivity index (χ4v) is 3.16. The number of benzene rings is 1. The third-order valence-electron chi connectivity index (χ3n) is 4.54. The van der Waals surface area contributed by atoms with Gasteiger partial charge in [-0.05, 0) is 32.9 Å². The Balaban J connectivity index is 1.70. The molecular weight excluding hydrogens is 423 g/mol. The van der Waals surface area contributed by atoms with Crippen LogP contribution in [-0.4, -0.2) is 53.5 Å². The zero-order valence-corrected chi connectivity index (χ0v) is 18.7. The van der Waals surface area contributed by atoms with Crippen LogP contribution in [0.25, 0.3) is 0 Å². The largest absolute Gasteiger partial charge is 0.486 e. The SMILES string of the molecule is CC(C)(C)OC(=O)N1CCC(Oc2cccc(F)c2NC=C2C(=O)OC(C)(C)OC2=O)C1. The summed E-state index contributed by atoms with van der Waals surface area (Å²) in [7, 11) is 0. The van der Waals surface area contributed by atoms with Crippen molar-refractivity contribution in [2.45, 2.75) is 58.5 Å². The second kappa shape index (κ2) is 8.68. The molecule has 0 saturated carbocycles. The van der Waals surface area contributed by atoms with Gasteiger partial charge in [0.15, 0.2) is 5.57 Å². The second-order valence-electron chi connectivity index (χ2n) is 8.95. The Morgan fingerprint density at radius 3 is 2.53 bits per heavy atom. The number of nitrogens with one attached hydrogen (secondary N) is 1. The van der Waals surface area contributed by atoms with Crippen LogP contribution in [0.15, 0.2) is 30.0 Å². The summed E-state index contributed by atoms with van der Waals surface area (Å²) in [6.45, 7) is 8.93. The van der Waals surface area contributed by atoms with Gasteiger partial charge in [0.2, 0.25) is 0 Å². The number of hydrogen-bond acceptors (Lipinski definition) is 8. The minimum Gasteiger partial charge on any atom is -0.486 e. The van der Waals surface area contributed by atoms with Gasteiger partial charge in [0.1, 0.15) is 29.0 Å². The summed E-state index contributed by atoms with van der Waals surface area (Å²) in [5.41, 5.74) is -1.09. The molecule has 0 spiro atoms. The Hall–Kier alpha value is -3.30. The molecule has 1 atom stereocenters. The van der Waals surface area contributed by atoms with Gasteiger partial charge in [0, 0.05) is 33.0 Å². The number of para-hydroxylation sites is 1. The van der Waals surface area contributed by atoms with E-state index in [1.165, 1.54) is 30.9 Å². The molecule has 1 amide bonds. The first kappa shape index (κ1) is 23.4. The maximum absolute atomic E-state index is 14.5. The molecule has 0 aliphatic carbocycles. The van der Waals surface area contributed by atoms with Crippen LogP contribution in [0.1, 0.15) is 41.0 Å². The molecule has 2 aliphatic rings.